The first-order valence-electron chi connectivity index (χ1n) is 6.59. The van der Waals surface area contributed by atoms with Crippen LogP contribution in [0.25, 0.3) is 0 Å². The van der Waals surface area contributed by atoms with Gasteiger partial charge in [0.2, 0.25) is 0 Å². The Balaban J connectivity index is 2.72. The standard InChI is InChI=1S/C14H27NO2Si/c1-10-11(2)13(16)8-15-12(10)9-17-18(6,7)14(3,4)5/h13,16H,8-9H2,1-7H3. The van der Waals surface area contributed by atoms with Crippen molar-refractivity contribution in [3.63, 3.8) is 0 Å². The number of hydrogen-bond donors (Lipinski definition) is 1. The van der Waals surface area contributed by atoms with E-state index in [0.29, 0.717) is 13.2 Å². The van der Waals surface area contributed by atoms with Crippen LogP contribution in [0.2, 0.25) is 18.1 Å². The molecule has 1 unspecified atom stereocenters. The van der Waals surface area contributed by atoms with Crippen LogP contribution in [0.3, 0.4) is 0 Å². The summed E-state index contributed by atoms with van der Waals surface area (Å²) in [7, 11) is -1.72. The van der Waals surface area contributed by atoms with Gasteiger partial charge in [-0.15, -0.1) is 0 Å². The lowest BCUT2D eigenvalue weighted by Gasteiger charge is -2.36. The van der Waals surface area contributed by atoms with Crippen molar-refractivity contribution in [3.05, 3.63) is 11.1 Å². The van der Waals surface area contributed by atoms with E-state index in [1.54, 1.807) is 0 Å². The summed E-state index contributed by atoms with van der Waals surface area (Å²) in [5.41, 5.74) is 3.12. The fourth-order valence-electron chi connectivity index (χ4n) is 1.55. The maximum atomic E-state index is 9.73. The van der Waals surface area contributed by atoms with Crippen molar-refractivity contribution in [2.45, 2.75) is 58.9 Å². The average molecular weight is 269 g/mol. The van der Waals surface area contributed by atoms with E-state index in [4.69, 9.17) is 4.43 Å². The highest BCUT2D eigenvalue weighted by molar-refractivity contribution is 6.74. The Kier molecular flexibility index (Phi) is 4.57. The van der Waals surface area contributed by atoms with E-state index in [-0.39, 0.29) is 5.04 Å². The molecule has 0 aliphatic carbocycles. The third kappa shape index (κ3) is 3.31. The molecule has 0 saturated heterocycles. The maximum absolute atomic E-state index is 9.73. The van der Waals surface area contributed by atoms with Gasteiger partial charge in [-0.1, -0.05) is 20.8 Å². The molecule has 0 saturated carbocycles. The third-order valence-corrected chi connectivity index (χ3v) is 8.83. The van der Waals surface area contributed by atoms with E-state index in [1.165, 1.54) is 0 Å². The Labute approximate surface area is 112 Å². The molecule has 0 amide bonds. The summed E-state index contributed by atoms with van der Waals surface area (Å²) in [6.45, 7) is 16.2. The molecule has 3 nitrogen and oxygen atoms in total. The lowest BCUT2D eigenvalue weighted by Crippen LogP contribution is -2.42. The van der Waals surface area contributed by atoms with Gasteiger partial charge in [0.05, 0.1) is 25.0 Å². The van der Waals surface area contributed by atoms with Crippen LogP contribution in [0.1, 0.15) is 34.6 Å². The van der Waals surface area contributed by atoms with E-state index in [1.807, 2.05) is 13.8 Å². The number of aliphatic hydroxyl groups is 1. The molecule has 1 N–H and O–H groups in total. The number of aliphatic imine (C=N–C) groups is 1. The van der Waals surface area contributed by atoms with E-state index in [9.17, 15) is 5.11 Å². The van der Waals surface area contributed by atoms with Gasteiger partial charge in [0.1, 0.15) is 0 Å². The fraction of sp³-hybridized carbons (Fsp3) is 0.786. The Morgan fingerprint density at radius 2 is 1.89 bits per heavy atom. The molecular weight excluding hydrogens is 242 g/mol. The van der Waals surface area contributed by atoms with Gasteiger partial charge in [0.15, 0.2) is 8.32 Å². The minimum atomic E-state index is -1.72. The highest BCUT2D eigenvalue weighted by atomic mass is 28.4. The molecule has 0 fully saturated rings. The molecule has 0 spiro atoms. The molecule has 1 heterocycles. The average Bonchev–Trinajstić information content (AvgIpc) is 2.23. The van der Waals surface area contributed by atoms with Gasteiger partial charge in [-0.05, 0) is 43.1 Å². The number of hydrogen-bond acceptors (Lipinski definition) is 3. The van der Waals surface area contributed by atoms with Crippen molar-refractivity contribution in [2.75, 3.05) is 13.2 Å². The van der Waals surface area contributed by atoms with Crippen LogP contribution in [0.15, 0.2) is 16.1 Å². The smallest absolute Gasteiger partial charge is 0.192 e. The topological polar surface area (TPSA) is 41.8 Å². The Hall–Kier alpha value is -0.453. The quantitative estimate of drug-likeness (QED) is 0.800. The fourth-order valence-corrected chi connectivity index (χ4v) is 2.48. The van der Waals surface area contributed by atoms with Gasteiger partial charge >= 0.3 is 0 Å². The maximum Gasteiger partial charge on any atom is 0.192 e. The first-order valence-corrected chi connectivity index (χ1v) is 9.50. The van der Waals surface area contributed by atoms with Crippen LogP contribution in [0.4, 0.5) is 0 Å². The van der Waals surface area contributed by atoms with Crippen molar-refractivity contribution < 1.29 is 9.53 Å². The first kappa shape index (κ1) is 15.6. The lowest BCUT2D eigenvalue weighted by atomic mass is 9.99. The molecule has 104 valence electrons. The zero-order valence-corrected chi connectivity index (χ0v) is 13.8. The number of nitrogens with zero attached hydrogens (tertiary/aromatic N) is 1. The summed E-state index contributed by atoms with van der Waals surface area (Å²) >= 11 is 0. The molecule has 4 heteroatoms. The SMILES string of the molecule is CC1=C(C)C(O)CN=C1CO[Si](C)(C)C(C)(C)C. The zero-order valence-electron chi connectivity index (χ0n) is 12.8. The van der Waals surface area contributed by atoms with Crippen LogP contribution in [0.5, 0.6) is 0 Å². The number of dihydropyridines is 1. The van der Waals surface area contributed by atoms with Crippen LogP contribution in [0, 0.1) is 0 Å². The molecule has 1 aliphatic rings. The normalized spacial score (nSPS) is 22.2. The predicted octanol–water partition coefficient (Wildman–Crippen LogP) is 3.16. The van der Waals surface area contributed by atoms with Crippen molar-refractivity contribution in [2.24, 2.45) is 4.99 Å². The van der Waals surface area contributed by atoms with Crippen molar-refractivity contribution in [1.29, 1.82) is 0 Å². The Morgan fingerprint density at radius 1 is 1.33 bits per heavy atom. The first-order chi connectivity index (χ1) is 8.06. The van der Waals surface area contributed by atoms with Crippen LogP contribution in [-0.4, -0.2) is 38.4 Å². The highest BCUT2D eigenvalue weighted by Crippen LogP contribution is 2.36. The summed E-state index contributed by atoms with van der Waals surface area (Å²) in [6.07, 6.45) is -0.415. The Morgan fingerprint density at radius 3 is 2.39 bits per heavy atom. The minimum absolute atomic E-state index is 0.217. The van der Waals surface area contributed by atoms with E-state index < -0.39 is 14.4 Å². The van der Waals surface area contributed by atoms with Gasteiger partial charge in [-0.25, -0.2) is 0 Å². The van der Waals surface area contributed by atoms with Crippen molar-refractivity contribution >= 4 is 14.0 Å². The predicted molar refractivity (Wildman–Crippen MR) is 79.8 cm³/mol. The summed E-state index contributed by atoms with van der Waals surface area (Å²) in [5.74, 6) is 0. The molecule has 1 atom stereocenters. The molecular formula is C14H27NO2Si. The van der Waals surface area contributed by atoms with Gasteiger partial charge in [-0.2, -0.15) is 0 Å². The zero-order chi connectivity index (χ0) is 14.1. The second kappa shape index (κ2) is 5.27. The van der Waals surface area contributed by atoms with E-state index in [2.05, 4.69) is 38.9 Å². The molecule has 0 bridgehead atoms. The highest BCUT2D eigenvalue weighted by Gasteiger charge is 2.37. The molecule has 18 heavy (non-hydrogen) atoms. The van der Waals surface area contributed by atoms with E-state index >= 15 is 0 Å². The van der Waals surface area contributed by atoms with Crippen molar-refractivity contribution in [1.82, 2.24) is 0 Å². The van der Waals surface area contributed by atoms with Gasteiger partial charge in [0.25, 0.3) is 0 Å². The molecule has 1 rings (SSSR count). The lowest BCUT2D eigenvalue weighted by molar-refractivity contribution is 0.216. The summed E-state index contributed by atoms with van der Waals surface area (Å²) < 4.78 is 6.18. The largest absolute Gasteiger partial charge is 0.411 e. The third-order valence-electron chi connectivity index (χ3n) is 4.36. The van der Waals surface area contributed by atoms with Gasteiger partial charge < -0.3 is 9.53 Å². The van der Waals surface area contributed by atoms with Gasteiger partial charge in [-0.3, -0.25) is 4.99 Å². The number of rotatable bonds is 3. The second-order valence-corrected chi connectivity index (χ2v) is 11.5. The van der Waals surface area contributed by atoms with Crippen molar-refractivity contribution in [3.8, 4) is 0 Å². The summed E-state index contributed by atoms with van der Waals surface area (Å²) in [6, 6.07) is 0. The minimum Gasteiger partial charge on any atom is -0.411 e. The van der Waals surface area contributed by atoms with Crippen LogP contribution >= 0.6 is 0 Å². The van der Waals surface area contributed by atoms with Crippen LogP contribution in [-0.2, 0) is 4.43 Å². The summed E-state index contributed by atoms with van der Waals surface area (Å²) in [5, 5.41) is 9.94. The number of aliphatic hydroxyl groups excluding tert-OH is 1. The van der Waals surface area contributed by atoms with E-state index in [0.717, 1.165) is 16.9 Å². The summed E-state index contributed by atoms with van der Waals surface area (Å²) in [4.78, 5) is 4.43. The molecule has 0 aromatic rings. The molecule has 0 aromatic heterocycles. The van der Waals surface area contributed by atoms with Crippen LogP contribution < -0.4 is 0 Å². The Bertz CT molecular complexity index is 378. The van der Waals surface area contributed by atoms with Gasteiger partial charge in [0, 0.05) is 0 Å². The molecule has 0 aromatic carbocycles. The molecule has 0 radical (unpaired) electrons. The second-order valence-electron chi connectivity index (χ2n) is 6.66. The monoisotopic (exact) mass is 269 g/mol. The molecule has 1 aliphatic heterocycles.